The summed E-state index contributed by atoms with van der Waals surface area (Å²) in [6, 6.07) is 0.848. The van der Waals surface area contributed by atoms with Crippen LogP contribution in [0.3, 0.4) is 0 Å². The Bertz CT molecular complexity index is 174. The molecule has 0 aromatic carbocycles. The fraction of sp³-hybridized carbons (Fsp3) is 0.200. The lowest BCUT2D eigenvalue weighted by Crippen LogP contribution is -2.24. The number of nitrogens with two attached hydrogens (primary N) is 2. The number of guanidine groups is 1. The van der Waals surface area contributed by atoms with Gasteiger partial charge in [0.05, 0.1) is 0 Å². The fourth-order valence-electron chi connectivity index (χ4n) is 0.252. The van der Waals surface area contributed by atoms with Gasteiger partial charge in [-0.25, -0.2) is 4.99 Å². The third-order valence-electron chi connectivity index (χ3n) is 0.558. The second kappa shape index (κ2) is 3.34. The van der Waals surface area contributed by atoms with E-state index in [4.69, 9.17) is 23.2 Å². The summed E-state index contributed by atoms with van der Waals surface area (Å²) in [5.41, 5.74) is 9.85. The first kappa shape index (κ1) is 7.32. The van der Waals surface area contributed by atoms with E-state index in [0.29, 0.717) is 0 Å². The maximum atomic E-state index is 8.16. The Labute approximate surface area is 53.2 Å². The van der Waals surface area contributed by atoms with E-state index in [9.17, 15) is 0 Å². The normalized spacial score (nSPS) is 10.4. The van der Waals surface area contributed by atoms with Crippen LogP contribution in [0.15, 0.2) is 4.99 Å². The Morgan fingerprint density at radius 2 is 2.22 bits per heavy atom. The number of aliphatic imine (C=N–C) groups is 1. The molecular formula is C5H6N4. The molecule has 46 valence electrons. The van der Waals surface area contributed by atoms with Gasteiger partial charge in [0.2, 0.25) is 0 Å². The molecule has 4 nitrogen and oxygen atoms in total. The summed E-state index contributed by atoms with van der Waals surface area (Å²) in [6.07, 6.45) is 4.84. The summed E-state index contributed by atoms with van der Waals surface area (Å²) in [7, 11) is 0. The molecule has 4 N–H and O–H groups in total. The number of terminal acetylenes is 1. The van der Waals surface area contributed by atoms with Gasteiger partial charge in [-0.3, -0.25) is 0 Å². The van der Waals surface area contributed by atoms with Crippen LogP contribution in [0.5, 0.6) is 0 Å². The van der Waals surface area contributed by atoms with Crippen molar-refractivity contribution in [2.45, 2.75) is 6.04 Å². The van der Waals surface area contributed by atoms with E-state index in [-0.39, 0.29) is 5.96 Å². The van der Waals surface area contributed by atoms with Crippen LogP contribution in [0.1, 0.15) is 0 Å². The molecule has 0 rings (SSSR count). The van der Waals surface area contributed by atoms with Crippen molar-refractivity contribution in [3.05, 3.63) is 0 Å². The molecule has 0 aromatic heterocycles. The van der Waals surface area contributed by atoms with E-state index < -0.39 is 6.04 Å². The first-order valence-electron chi connectivity index (χ1n) is 2.15. The number of hydrogen-bond acceptors (Lipinski definition) is 2. The van der Waals surface area contributed by atoms with Gasteiger partial charge in [0, 0.05) is 0 Å². The first-order valence-corrected chi connectivity index (χ1v) is 2.15. The predicted octanol–water partition coefficient (Wildman–Crippen LogP) is -1.21. The molecule has 0 aliphatic rings. The van der Waals surface area contributed by atoms with Crippen LogP contribution in [0.2, 0.25) is 0 Å². The van der Waals surface area contributed by atoms with Crippen LogP contribution >= 0.6 is 0 Å². The van der Waals surface area contributed by atoms with Gasteiger partial charge in [-0.15, -0.1) is 6.42 Å². The number of nitriles is 1. The molecule has 0 aromatic rings. The molecule has 0 amide bonds. The molecule has 1 unspecified atom stereocenters. The Morgan fingerprint density at radius 1 is 1.67 bits per heavy atom. The summed E-state index contributed by atoms with van der Waals surface area (Å²) in [4.78, 5) is 3.39. The fourth-order valence-corrected chi connectivity index (χ4v) is 0.252. The molecule has 0 aliphatic heterocycles. The van der Waals surface area contributed by atoms with Crippen molar-refractivity contribution >= 4 is 5.96 Å². The van der Waals surface area contributed by atoms with Crippen molar-refractivity contribution in [3.8, 4) is 18.4 Å². The summed E-state index contributed by atoms with van der Waals surface area (Å²) >= 11 is 0. The van der Waals surface area contributed by atoms with E-state index in [0.717, 1.165) is 0 Å². The van der Waals surface area contributed by atoms with E-state index in [1.54, 1.807) is 6.07 Å². The average Bonchev–Trinajstić information content (AvgIpc) is 1.82. The monoisotopic (exact) mass is 122 g/mol. The molecule has 4 heteroatoms. The molecular weight excluding hydrogens is 116 g/mol. The molecule has 0 fully saturated rings. The largest absolute Gasteiger partial charge is 0.370 e. The Balaban J connectivity index is 4.09. The summed E-state index contributed by atoms with van der Waals surface area (Å²) in [6.45, 7) is 0. The molecule has 9 heavy (non-hydrogen) atoms. The molecule has 0 saturated carbocycles. The van der Waals surface area contributed by atoms with Gasteiger partial charge in [0.15, 0.2) is 12.0 Å². The molecule has 0 spiro atoms. The lowest BCUT2D eigenvalue weighted by molar-refractivity contribution is 1.06. The minimum absolute atomic E-state index is 0.167. The first-order chi connectivity index (χ1) is 4.20. The maximum absolute atomic E-state index is 8.16. The molecule has 0 saturated heterocycles. The van der Waals surface area contributed by atoms with Crippen molar-refractivity contribution < 1.29 is 0 Å². The molecule has 0 bridgehead atoms. The molecule has 1 atom stereocenters. The van der Waals surface area contributed by atoms with Gasteiger partial charge < -0.3 is 11.5 Å². The highest BCUT2D eigenvalue weighted by Gasteiger charge is 1.95. The van der Waals surface area contributed by atoms with Gasteiger partial charge in [-0.05, 0) is 0 Å². The highest BCUT2D eigenvalue weighted by molar-refractivity contribution is 5.76. The lowest BCUT2D eigenvalue weighted by Gasteiger charge is -1.90. The molecule has 0 radical (unpaired) electrons. The predicted molar refractivity (Wildman–Crippen MR) is 34.0 cm³/mol. The molecule has 0 heterocycles. The van der Waals surface area contributed by atoms with Crippen molar-refractivity contribution in [3.63, 3.8) is 0 Å². The zero-order valence-electron chi connectivity index (χ0n) is 4.70. The van der Waals surface area contributed by atoms with Crippen molar-refractivity contribution in [1.82, 2.24) is 0 Å². The summed E-state index contributed by atoms with van der Waals surface area (Å²) in [5, 5.41) is 8.16. The zero-order chi connectivity index (χ0) is 7.28. The van der Waals surface area contributed by atoms with Crippen LogP contribution in [0.4, 0.5) is 0 Å². The van der Waals surface area contributed by atoms with E-state index >= 15 is 0 Å². The highest BCUT2D eigenvalue weighted by atomic mass is 15.0. The number of rotatable bonds is 1. The third kappa shape index (κ3) is 2.95. The lowest BCUT2D eigenvalue weighted by atomic mass is 10.4. The van der Waals surface area contributed by atoms with Gasteiger partial charge >= 0.3 is 0 Å². The SMILES string of the molecule is C#CC(C#N)N=C(N)N. The minimum Gasteiger partial charge on any atom is -0.370 e. The maximum Gasteiger partial charge on any atom is 0.199 e. The van der Waals surface area contributed by atoms with Crippen molar-refractivity contribution in [1.29, 1.82) is 5.26 Å². The average molecular weight is 122 g/mol. The Kier molecular flexibility index (Phi) is 2.72. The standard InChI is InChI=1S/C5H6N4/c1-2-4(3-6)9-5(7)8/h1,4H,(H4,7,8,9). The number of nitrogens with zero attached hydrogens (tertiary/aromatic N) is 2. The van der Waals surface area contributed by atoms with Crippen LogP contribution in [0.25, 0.3) is 0 Å². The van der Waals surface area contributed by atoms with Crippen LogP contribution < -0.4 is 11.5 Å². The van der Waals surface area contributed by atoms with E-state index in [1.807, 2.05) is 0 Å². The molecule has 0 aliphatic carbocycles. The zero-order valence-corrected chi connectivity index (χ0v) is 4.70. The van der Waals surface area contributed by atoms with Gasteiger partial charge in [0.1, 0.15) is 6.07 Å². The van der Waals surface area contributed by atoms with Crippen LogP contribution in [-0.4, -0.2) is 12.0 Å². The quantitative estimate of drug-likeness (QED) is 0.260. The number of hydrogen-bond donors (Lipinski definition) is 2. The Morgan fingerprint density at radius 3 is 2.33 bits per heavy atom. The van der Waals surface area contributed by atoms with Crippen molar-refractivity contribution in [2.24, 2.45) is 16.5 Å². The van der Waals surface area contributed by atoms with Gasteiger partial charge in [0.25, 0.3) is 0 Å². The minimum atomic E-state index is -0.852. The van der Waals surface area contributed by atoms with Crippen LogP contribution in [-0.2, 0) is 0 Å². The summed E-state index contributed by atoms with van der Waals surface area (Å²) in [5.74, 6) is 1.91. The van der Waals surface area contributed by atoms with E-state index in [1.165, 1.54) is 0 Å². The van der Waals surface area contributed by atoms with Crippen molar-refractivity contribution in [2.75, 3.05) is 0 Å². The smallest absolute Gasteiger partial charge is 0.199 e. The third-order valence-corrected chi connectivity index (χ3v) is 0.558. The van der Waals surface area contributed by atoms with Gasteiger partial charge in [-0.1, -0.05) is 5.92 Å². The van der Waals surface area contributed by atoms with Gasteiger partial charge in [-0.2, -0.15) is 5.26 Å². The highest BCUT2D eigenvalue weighted by Crippen LogP contribution is 1.82. The van der Waals surface area contributed by atoms with Crippen LogP contribution in [0, 0.1) is 23.7 Å². The second-order valence-corrected chi connectivity index (χ2v) is 1.25. The Hall–Kier alpha value is -1.68. The summed E-state index contributed by atoms with van der Waals surface area (Å²) < 4.78 is 0. The van der Waals surface area contributed by atoms with E-state index in [2.05, 4.69) is 10.9 Å². The second-order valence-electron chi connectivity index (χ2n) is 1.25. The topological polar surface area (TPSA) is 88.2 Å².